The Hall–Kier alpha value is -2.04. The van der Waals surface area contributed by atoms with Gasteiger partial charge in [-0.05, 0) is 12.1 Å². The Morgan fingerprint density at radius 3 is 2.44 bits per heavy atom. The number of hydrogen-bond donors (Lipinski definition) is 0. The lowest BCUT2D eigenvalue weighted by Gasteiger charge is -2.08. The Kier molecular flexibility index (Phi) is 2.52. The number of hydrogen-bond acceptors (Lipinski definition) is 4. The van der Waals surface area contributed by atoms with Crippen LogP contribution in [0.2, 0.25) is 0 Å². The summed E-state index contributed by atoms with van der Waals surface area (Å²) in [5.41, 5.74) is -0.154. The van der Waals surface area contributed by atoms with Gasteiger partial charge in [0.15, 0.2) is 11.5 Å². The lowest BCUT2D eigenvalue weighted by molar-refractivity contribution is 0.356. The summed E-state index contributed by atoms with van der Waals surface area (Å²) in [6.45, 7) is 0. The van der Waals surface area contributed by atoms with Gasteiger partial charge in [0.2, 0.25) is 0 Å². The highest BCUT2D eigenvalue weighted by molar-refractivity contribution is 5.84. The molecule has 0 unspecified atom stereocenters. The molecule has 2 aromatic rings. The molecule has 5 nitrogen and oxygen atoms in total. The number of aromatic nitrogens is 2. The van der Waals surface area contributed by atoms with Gasteiger partial charge in [-0.3, -0.25) is 4.79 Å². The van der Waals surface area contributed by atoms with E-state index in [0.717, 1.165) is 5.39 Å². The zero-order valence-corrected chi connectivity index (χ0v) is 9.35. The maximum atomic E-state index is 11.8. The minimum Gasteiger partial charge on any atom is -0.493 e. The molecule has 0 amide bonds. The first-order chi connectivity index (χ1) is 7.67. The fourth-order valence-electron chi connectivity index (χ4n) is 1.56. The van der Waals surface area contributed by atoms with E-state index in [-0.39, 0.29) is 5.56 Å². The van der Waals surface area contributed by atoms with Gasteiger partial charge in [-0.15, -0.1) is 0 Å². The van der Waals surface area contributed by atoms with Crippen molar-refractivity contribution in [2.45, 2.75) is 0 Å². The molecule has 0 aliphatic carbocycles. The zero-order chi connectivity index (χ0) is 11.7. The van der Waals surface area contributed by atoms with E-state index in [1.165, 1.54) is 11.8 Å². The Bertz CT molecular complexity index is 590. The third-order valence-corrected chi connectivity index (χ3v) is 2.45. The second-order valence-electron chi connectivity index (χ2n) is 3.37. The molecule has 0 spiro atoms. The molecule has 0 bridgehead atoms. The van der Waals surface area contributed by atoms with Gasteiger partial charge in [-0.2, -0.15) is 5.10 Å². The Labute approximate surface area is 92.2 Å². The summed E-state index contributed by atoms with van der Waals surface area (Å²) in [6, 6.07) is 3.40. The van der Waals surface area contributed by atoms with Crippen molar-refractivity contribution in [3.8, 4) is 11.5 Å². The lowest BCUT2D eigenvalue weighted by atomic mass is 10.2. The summed E-state index contributed by atoms with van der Waals surface area (Å²) in [4.78, 5) is 11.8. The molecular weight excluding hydrogens is 208 g/mol. The number of benzene rings is 1. The van der Waals surface area contributed by atoms with Crippen molar-refractivity contribution in [3.63, 3.8) is 0 Å². The predicted octanol–water partition coefficient (Wildman–Crippen LogP) is 0.951. The van der Waals surface area contributed by atoms with Crippen LogP contribution in [0.15, 0.2) is 23.1 Å². The molecule has 1 aromatic heterocycles. The van der Waals surface area contributed by atoms with Gasteiger partial charge < -0.3 is 9.47 Å². The predicted molar refractivity (Wildman–Crippen MR) is 60.1 cm³/mol. The maximum absolute atomic E-state index is 11.8. The molecule has 0 aliphatic rings. The fraction of sp³-hybridized carbons (Fsp3) is 0.273. The van der Waals surface area contributed by atoms with Crippen molar-refractivity contribution in [3.05, 3.63) is 28.7 Å². The molecule has 5 heteroatoms. The second kappa shape index (κ2) is 3.84. The Morgan fingerprint density at radius 2 is 1.81 bits per heavy atom. The van der Waals surface area contributed by atoms with Crippen molar-refractivity contribution in [2.75, 3.05) is 14.2 Å². The molecule has 0 saturated carbocycles. The van der Waals surface area contributed by atoms with Gasteiger partial charge in [-0.1, -0.05) is 0 Å². The molecule has 0 aliphatic heterocycles. The number of fused-ring (bicyclic) bond motifs is 1. The second-order valence-corrected chi connectivity index (χ2v) is 3.37. The molecule has 16 heavy (non-hydrogen) atoms. The summed E-state index contributed by atoms with van der Waals surface area (Å²) in [7, 11) is 4.70. The maximum Gasteiger partial charge on any atom is 0.274 e. The van der Waals surface area contributed by atoms with E-state index in [2.05, 4.69) is 5.10 Å². The van der Waals surface area contributed by atoms with Gasteiger partial charge in [0.25, 0.3) is 5.56 Å². The molecule has 0 radical (unpaired) electrons. The van der Waals surface area contributed by atoms with Crippen molar-refractivity contribution in [1.82, 2.24) is 9.78 Å². The van der Waals surface area contributed by atoms with Crippen LogP contribution in [0.4, 0.5) is 0 Å². The van der Waals surface area contributed by atoms with Crippen LogP contribution >= 0.6 is 0 Å². The van der Waals surface area contributed by atoms with Gasteiger partial charge >= 0.3 is 0 Å². The number of aryl methyl sites for hydroxylation is 1. The summed E-state index contributed by atoms with van der Waals surface area (Å²) in [5, 5.41) is 5.25. The van der Waals surface area contributed by atoms with Crippen LogP contribution in [0.5, 0.6) is 11.5 Å². The third kappa shape index (κ3) is 1.50. The summed E-state index contributed by atoms with van der Waals surface area (Å²) >= 11 is 0. The van der Waals surface area contributed by atoms with Crippen LogP contribution in [-0.4, -0.2) is 24.0 Å². The number of rotatable bonds is 2. The number of methoxy groups -OCH3 is 2. The van der Waals surface area contributed by atoms with Crippen LogP contribution in [0, 0.1) is 0 Å². The Morgan fingerprint density at radius 1 is 1.19 bits per heavy atom. The van der Waals surface area contributed by atoms with E-state index in [4.69, 9.17) is 9.47 Å². The minimum absolute atomic E-state index is 0.154. The van der Waals surface area contributed by atoms with Gasteiger partial charge in [0, 0.05) is 12.4 Å². The molecule has 1 heterocycles. The van der Waals surface area contributed by atoms with Crippen LogP contribution in [0.3, 0.4) is 0 Å². The zero-order valence-electron chi connectivity index (χ0n) is 9.35. The van der Waals surface area contributed by atoms with Crippen molar-refractivity contribution < 1.29 is 9.47 Å². The molecule has 0 N–H and O–H groups in total. The first-order valence-corrected chi connectivity index (χ1v) is 4.75. The molecule has 0 fully saturated rings. The summed E-state index contributed by atoms with van der Waals surface area (Å²) in [5.74, 6) is 1.13. The van der Waals surface area contributed by atoms with Crippen LogP contribution < -0.4 is 15.0 Å². The standard InChI is InChI=1S/C11H12N2O3/c1-13-11(14)8-5-10(16-3)9(15-2)4-7(8)6-12-13/h4-6H,1-3H3. The molecule has 0 atom stereocenters. The van der Waals surface area contributed by atoms with E-state index in [9.17, 15) is 4.79 Å². The fourth-order valence-corrected chi connectivity index (χ4v) is 1.56. The van der Waals surface area contributed by atoms with Crippen LogP contribution in [-0.2, 0) is 7.05 Å². The van der Waals surface area contributed by atoms with Crippen molar-refractivity contribution >= 4 is 10.8 Å². The van der Waals surface area contributed by atoms with Gasteiger partial charge in [-0.25, -0.2) is 4.68 Å². The smallest absolute Gasteiger partial charge is 0.274 e. The van der Waals surface area contributed by atoms with E-state index < -0.39 is 0 Å². The lowest BCUT2D eigenvalue weighted by Crippen LogP contribution is -2.18. The average Bonchev–Trinajstić information content (AvgIpc) is 2.32. The first-order valence-electron chi connectivity index (χ1n) is 4.75. The van der Waals surface area contributed by atoms with Crippen molar-refractivity contribution in [2.24, 2.45) is 7.05 Å². The average molecular weight is 220 g/mol. The van der Waals surface area contributed by atoms with E-state index in [1.807, 2.05) is 0 Å². The molecule has 84 valence electrons. The number of ether oxygens (including phenoxy) is 2. The van der Waals surface area contributed by atoms with E-state index in [0.29, 0.717) is 16.9 Å². The minimum atomic E-state index is -0.154. The van der Waals surface area contributed by atoms with E-state index >= 15 is 0 Å². The highest BCUT2D eigenvalue weighted by Crippen LogP contribution is 2.30. The van der Waals surface area contributed by atoms with Gasteiger partial charge in [0.05, 0.1) is 25.8 Å². The summed E-state index contributed by atoms with van der Waals surface area (Å²) < 4.78 is 11.6. The quantitative estimate of drug-likeness (QED) is 0.756. The normalized spacial score (nSPS) is 10.4. The monoisotopic (exact) mass is 220 g/mol. The largest absolute Gasteiger partial charge is 0.493 e. The molecule has 0 saturated heterocycles. The highest BCUT2D eigenvalue weighted by atomic mass is 16.5. The molecule has 1 aromatic carbocycles. The molecule has 2 rings (SSSR count). The first kappa shape index (κ1) is 10.5. The van der Waals surface area contributed by atoms with Crippen LogP contribution in [0.25, 0.3) is 10.8 Å². The van der Waals surface area contributed by atoms with Gasteiger partial charge in [0.1, 0.15) is 0 Å². The SMILES string of the molecule is COc1cc2cnn(C)c(=O)c2cc1OC. The Balaban J connectivity index is 2.84. The number of nitrogens with zero attached hydrogens (tertiary/aromatic N) is 2. The third-order valence-electron chi connectivity index (χ3n) is 2.45. The topological polar surface area (TPSA) is 53.4 Å². The van der Waals surface area contributed by atoms with Crippen LogP contribution in [0.1, 0.15) is 0 Å². The molecular formula is C11H12N2O3. The van der Waals surface area contributed by atoms with E-state index in [1.54, 1.807) is 32.5 Å². The van der Waals surface area contributed by atoms with Crippen molar-refractivity contribution in [1.29, 1.82) is 0 Å². The summed E-state index contributed by atoms with van der Waals surface area (Å²) in [6.07, 6.45) is 1.62. The highest BCUT2D eigenvalue weighted by Gasteiger charge is 2.09.